The van der Waals surface area contributed by atoms with Gasteiger partial charge in [-0.2, -0.15) is 0 Å². The lowest BCUT2D eigenvalue weighted by Gasteiger charge is -2.19. The van der Waals surface area contributed by atoms with Crippen LogP contribution in [-0.2, 0) is 0 Å². The van der Waals surface area contributed by atoms with Crippen molar-refractivity contribution in [2.24, 2.45) is 11.7 Å². The van der Waals surface area contributed by atoms with Crippen LogP contribution in [0.4, 0.5) is 13.2 Å². The van der Waals surface area contributed by atoms with Crippen molar-refractivity contribution in [2.75, 3.05) is 6.54 Å². The third-order valence-corrected chi connectivity index (χ3v) is 4.74. The fourth-order valence-electron chi connectivity index (χ4n) is 3.30. The van der Waals surface area contributed by atoms with Gasteiger partial charge in [-0.25, -0.2) is 13.2 Å². The molecule has 0 aliphatic heterocycles. The summed E-state index contributed by atoms with van der Waals surface area (Å²) in [6, 6.07) is 8.26. The number of carbonyl (C=O) groups excluding carboxylic acids is 1. The molecule has 1 aliphatic carbocycles. The van der Waals surface area contributed by atoms with E-state index in [0.717, 1.165) is 31.4 Å². The monoisotopic (exact) mass is 348 g/mol. The summed E-state index contributed by atoms with van der Waals surface area (Å²) in [7, 11) is 0. The molecule has 132 valence electrons. The van der Waals surface area contributed by atoms with Crippen LogP contribution in [0, 0.1) is 23.4 Å². The molecule has 3 nitrogen and oxygen atoms in total. The summed E-state index contributed by atoms with van der Waals surface area (Å²) in [6.45, 7) is 0.547. The van der Waals surface area contributed by atoms with Crippen molar-refractivity contribution in [3.8, 4) is 11.1 Å². The molecule has 0 bridgehead atoms. The van der Waals surface area contributed by atoms with E-state index in [1.807, 2.05) is 0 Å². The number of nitrogens with two attached hydrogens (primary N) is 1. The predicted molar refractivity (Wildman–Crippen MR) is 89.4 cm³/mol. The summed E-state index contributed by atoms with van der Waals surface area (Å²) in [5.41, 5.74) is 6.88. The van der Waals surface area contributed by atoms with E-state index in [0.29, 0.717) is 23.6 Å². The number of nitrogens with one attached hydrogen (secondary N) is 1. The van der Waals surface area contributed by atoms with Crippen LogP contribution in [0.25, 0.3) is 11.1 Å². The van der Waals surface area contributed by atoms with Crippen LogP contribution < -0.4 is 11.1 Å². The molecule has 2 atom stereocenters. The number of hydrogen-bond acceptors (Lipinski definition) is 2. The highest BCUT2D eigenvalue weighted by Crippen LogP contribution is 2.26. The molecule has 0 aromatic heterocycles. The molecular formula is C19H19F3N2O. The summed E-state index contributed by atoms with van der Waals surface area (Å²) < 4.78 is 39.7. The molecule has 1 saturated carbocycles. The second-order valence-electron chi connectivity index (χ2n) is 6.34. The van der Waals surface area contributed by atoms with Crippen molar-refractivity contribution in [1.82, 2.24) is 5.32 Å². The number of hydrogen-bond donors (Lipinski definition) is 2. The summed E-state index contributed by atoms with van der Waals surface area (Å²) in [5, 5.41) is 2.99. The van der Waals surface area contributed by atoms with E-state index in [2.05, 4.69) is 5.32 Å². The molecule has 1 aliphatic rings. The van der Waals surface area contributed by atoms with Gasteiger partial charge in [0.2, 0.25) is 0 Å². The molecule has 0 heterocycles. The van der Waals surface area contributed by atoms with Crippen LogP contribution >= 0.6 is 0 Å². The van der Waals surface area contributed by atoms with Crippen molar-refractivity contribution in [3.05, 3.63) is 59.4 Å². The Morgan fingerprint density at radius 3 is 2.28 bits per heavy atom. The lowest BCUT2D eigenvalue weighted by atomic mass is 10.0. The van der Waals surface area contributed by atoms with Crippen LogP contribution in [0.5, 0.6) is 0 Å². The maximum atomic E-state index is 13.3. The molecule has 3 N–H and O–H groups in total. The quantitative estimate of drug-likeness (QED) is 0.829. The number of halogens is 3. The van der Waals surface area contributed by atoms with Gasteiger partial charge in [0.25, 0.3) is 5.91 Å². The Kier molecular flexibility index (Phi) is 5.08. The maximum Gasteiger partial charge on any atom is 0.251 e. The van der Waals surface area contributed by atoms with E-state index in [1.54, 1.807) is 24.3 Å². The number of benzene rings is 2. The Balaban J connectivity index is 1.75. The van der Waals surface area contributed by atoms with Gasteiger partial charge in [0, 0.05) is 11.6 Å². The molecule has 6 heteroatoms. The lowest BCUT2D eigenvalue weighted by molar-refractivity contribution is 0.0929. The first-order chi connectivity index (χ1) is 12.0. The summed E-state index contributed by atoms with van der Waals surface area (Å²) in [6.07, 6.45) is 2.98. The molecule has 2 unspecified atom stereocenters. The van der Waals surface area contributed by atoms with Crippen LogP contribution in [-0.4, -0.2) is 18.5 Å². The van der Waals surface area contributed by atoms with Gasteiger partial charge in [-0.1, -0.05) is 18.6 Å². The minimum absolute atomic E-state index is 0.0810. The third-order valence-electron chi connectivity index (χ3n) is 4.74. The highest BCUT2D eigenvalue weighted by molar-refractivity contribution is 5.94. The van der Waals surface area contributed by atoms with Crippen molar-refractivity contribution in [1.29, 1.82) is 0 Å². The second kappa shape index (κ2) is 7.27. The third kappa shape index (κ3) is 3.69. The second-order valence-corrected chi connectivity index (χ2v) is 6.34. The van der Waals surface area contributed by atoms with Crippen molar-refractivity contribution in [3.63, 3.8) is 0 Å². The zero-order valence-corrected chi connectivity index (χ0v) is 13.6. The van der Waals surface area contributed by atoms with E-state index in [-0.39, 0.29) is 17.5 Å². The van der Waals surface area contributed by atoms with Crippen LogP contribution in [0.15, 0.2) is 36.4 Å². The molecule has 0 saturated heterocycles. The van der Waals surface area contributed by atoms with Crippen LogP contribution in [0.3, 0.4) is 0 Å². The van der Waals surface area contributed by atoms with Gasteiger partial charge < -0.3 is 11.1 Å². The molecule has 2 aromatic carbocycles. The topological polar surface area (TPSA) is 55.1 Å². The summed E-state index contributed by atoms with van der Waals surface area (Å²) in [5.74, 6) is -3.88. The van der Waals surface area contributed by atoms with Gasteiger partial charge >= 0.3 is 0 Å². The SMILES string of the molecule is NCC1CCCC1NC(=O)c1ccc(-c2cc(F)c(F)c(F)c2)cc1. The standard InChI is InChI=1S/C19H19F3N2O/c20-15-8-14(9-16(21)18(15)22)11-4-6-12(7-5-11)19(25)24-17-3-1-2-13(17)10-23/h4-9,13,17H,1-3,10,23H2,(H,24,25). The first-order valence-electron chi connectivity index (χ1n) is 8.25. The fraction of sp³-hybridized carbons (Fsp3) is 0.316. The van der Waals surface area contributed by atoms with Gasteiger partial charge in [-0.3, -0.25) is 4.79 Å². The number of amides is 1. The zero-order chi connectivity index (χ0) is 18.0. The smallest absolute Gasteiger partial charge is 0.251 e. The average molecular weight is 348 g/mol. The summed E-state index contributed by atoms with van der Waals surface area (Å²) in [4.78, 5) is 12.3. The Labute approximate surface area is 144 Å². The first kappa shape index (κ1) is 17.5. The van der Waals surface area contributed by atoms with E-state index < -0.39 is 17.5 Å². The molecule has 1 amide bonds. The van der Waals surface area contributed by atoms with E-state index in [9.17, 15) is 18.0 Å². The molecule has 1 fully saturated rings. The van der Waals surface area contributed by atoms with E-state index in [1.165, 1.54) is 0 Å². The van der Waals surface area contributed by atoms with Crippen molar-refractivity contribution >= 4 is 5.91 Å². The van der Waals surface area contributed by atoms with Gasteiger partial charge in [0.15, 0.2) is 17.5 Å². The van der Waals surface area contributed by atoms with Gasteiger partial charge in [-0.05, 0) is 60.7 Å². The largest absolute Gasteiger partial charge is 0.349 e. The minimum atomic E-state index is -1.49. The molecule has 25 heavy (non-hydrogen) atoms. The van der Waals surface area contributed by atoms with Crippen molar-refractivity contribution < 1.29 is 18.0 Å². The van der Waals surface area contributed by atoms with Gasteiger partial charge in [0.1, 0.15) is 0 Å². The highest BCUT2D eigenvalue weighted by Gasteiger charge is 2.27. The van der Waals surface area contributed by atoms with E-state index >= 15 is 0 Å². The predicted octanol–water partition coefficient (Wildman–Crippen LogP) is 3.63. The maximum absolute atomic E-state index is 13.3. The number of rotatable bonds is 4. The van der Waals surface area contributed by atoms with Crippen LogP contribution in [0.2, 0.25) is 0 Å². The minimum Gasteiger partial charge on any atom is -0.349 e. The normalized spacial score (nSPS) is 19.8. The molecule has 0 spiro atoms. The fourth-order valence-corrected chi connectivity index (χ4v) is 3.30. The Bertz CT molecular complexity index is 754. The lowest BCUT2D eigenvalue weighted by Crippen LogP contribution is -2.39. The summed E-state index contributed by atoms with van der Waals surface area (Å²) >= 11 is 0. The van der Waals surface area contributed by atoms with Gasteiger partial charge in [0.05, 0.1) is 0 Å². The Morgan fingerprint density at radius 2 is 1.68 bits per heavy atom. The Hall–Kier alpha value is -2.34. The first-order valence-corrected chi connectivity index (χ1v) is 8.25. The molecule has 3 rings (SSSR count). The molecule has 0 radical (unpaired) electrons. The molecule has 2 aromatic rings. The molecular weight excluding hydrogens is 329 g/mol. The average Bonchev–Trinajstić information content (AvgIpc) is 3.06. The zero-order valence-electron chi connectivity index (χ0n) is 13.6. The Morgan fingerprint density at radius 1 is 1.04 bits per heavy atom. The van der Waals surface area contributed by atoms with Gasteiger partial charge in [-0.15, -0.1) is 0 Å². The van der Waals surface area contributed by atoms with Crippen LogP contribution in [0.1, 0.15) is 29.6 Å². The van der Waals surface area contributed by atoms with Crippen molar-refractivity contribution in [2.45, 2.75) is 25.3 Å². The highest BCUT2D eigenvalue weighted by atomic mass is 19.2. The van der Waals surface area contributed by atoms with E-state index in [4.69, 9.17) is 5.73 Å². The number of carbonyl (C=O) groups is 1.